The van der Waals surface area contributed by atoms with E-state index >= 15 is 0 Å². The molecule has 1 amide bonds. The SMILES string of the molecule is O=C(Nc1nc(CN2CCCC2)ns1)c1coc(-c2cccc(OC(F)(F)F)c2)c1. The molecule has 0 spiro atoms. The van der Waals surface area contributed by atoms with Crippen LogP contribution in [0.25, 0.3) is 11.3 Å². The van der Waals surface area contributed by atoms with Crippen molar-refractivity contribution in [3.8, 4) is 17.1 Å². The van der Waals surface area contributed by atoms with E-state index in [1.54, 1.807) is 6.07 Å². The molecule has 4 rings (SSSR count). The standard InChI is InChI=1S/C19H17F3N4O3S/c20-19(21,22)29-14-5-3-4-12(8-14)15-9-13(11-28-15)17(27)24-18-23-16(25-30-18)10-26-6-1-2-7-26/h3-5,8-9,11H,1-2,6-7,10H2,(H,23,24,25,27). The Bertz CT molecular complexity index is 1030. The first-order chi connectivity index (χ1) is 14.4. The minimum atomic E-state index is -4.79. The first-order valence-electron chi connectivity index (χ1n) is 9.17. The van der Waals surface area contributed by atoms with Crippen molar-refractivity contribution in [2.45, 2.75) is 25.7 Å². The summed E-state index contributed by atoms with van der Waals surface area (Å²) in [5.41, 5.74) is 0.558. The van der Waals surface area contributed by atoms with Gasteiger partial charge in [-0.3, -0.25) is 15.0 Å². The molecule has 1 saturated heterocycles. The zero-order chi connectivity index (χ0) is 21.1. The maximum absolute atomic E-state index is 12.5. The number of hydrogen-bond acceptors (Lipinski definition) is 7. The molecule has 158 valence electrons. The normalized spacial score (nSPS) is 14.8. The molecule has 0 atom stereocenters. The molecular weight excluding hydrogens is 421 g/mol. The van der Waals surface area contributed by atoms with Crippen molar-refractivity contribution in [3.05, 3.63) is 48.0 Å². The molecule has 11 heteroatoms. The van der Waals surface area contributed by atoms with E-state index in [0.717, 1.165) is 24.6 Å². The van der Waals surface area contributed by atoms with Crippen molar-refractivity contribution in [2.75, 3.05) is 18.4 Å². The van der Waals surface area contributed by atoms with Gasteiger partial charge >= 0.3 is 6.36 Å². The van der Waals surface area contributed by atoms with E-state index in [1.165, 1.54) is 43.4 Å². The van der Waals surface area contributed by atoms with Gasteiger partial charge in [-0.1, -0.05) is 12.1 Å². The molecule has 0 aliphatic carbocycles. The monoisotopic (exact) mass is 438 g/mol. The second-order valence-electron chi connectivity index (χ2n) is 6.73. The Kier molecular flexibility index (Phi) is 5.73. The van der Waals surface area contributed by atoms with Crippen molar-refractivity contribution in [1.82, 2.24) is 14.3 Å². The van der Waals surface area contributed by atoms with Crippen LogP contribution >= 0.6 is 11.5 Å². The molecule has 0 unspecified atom stereocenters. The number of ether oxygens (including phenoxy) is 1. The van der Waals surface area contributed by atoms with Crippen molar-refractivity contribution in [1.29, 1.82) is 0 Å². The zero-order valence-electron chi connectivity index (χ0n) is 15.6. The quantitative estimate of drug-likeness (QED) is 0.609. The fourth-order valence-corrected chi connectivity index (χ4v) is 3.71. The second-order valence-corrected chi connectivity index (χ2v) is 7.48. The van der Waals surface area contributed by atoms with Crippen LogP contribution in [0.3, 0.4) is 0 Å². The molecule has 0 bridgehead atoms. The van der Waals surface area contributed by atoms with Crippen LogP contribution in [-0.2, 0) is 6.54 Å². The number of rotatable bonds is 6. The maximum Gasteiger partial charge on any atom is 0.573 e. The Morgan fingerprint density at radius 1 is 1.27 bits per heavy atom. The lowest BCUT2D eigenvalue weighted by Crippen LogP contribution is -2.19. The van der Waals surface area contributed by atoms with Gasteiger partial charge in [-0.05, 0) is 44.1 Å². The Labute approximate surface area is 173 Å². The fourth-order valence-electron chi connectivity index (χ4n) is 3.13. The number of amides is 1. The van der Waals surface area contributed by atoms with E-state index in [4.69, 9.17) is 4.42 Å². The number of hydrogen-bond donors (Lipinski definition) is 1. The highest BCUT2D eigenvalue weighted by atomic mass is 32.1. The predicted molar refractivity (Wildman–Crippen MR) is 103 cm³/mol. The molecule has 7 nitrogen and oxygen atoms in total. The van der Waals surface area contributed by atoms with Crippen molar-refractivity contribution in [2.24, 2.45) is 0 Å². The Morgan fingerprint density at radius 2 is 2.07 bits per heavy atom. The van der Waals surface area contributed by atoms with E-state index in [1.807, 2.05) is 0 Å². The molecule has 1 aliphatic heterocycles. The topological polar surface area (TPSA) is 80.5 Å². The molecule has 3 heterocycles. The summed E-state index contributed by atoms with van der Waals surface area (Å²) in [5.74, 6) is 0.0738. The number of halogens is 3. The van der Waals surface area contributed by atoms with Crippen LogP contribution < -0.4 is 10.1 Å². The summed E-state index contributed by atoms with van der Waals surface area (Å²) in [6.07, 6.45) is -1.22. The number of carbonyl (C=O) groups excluding carboxylic acids is 1. The summed E-state index contributed by atoms with van der Waals surface area (Å²) in [4.78, 5) is 19.0. The molecule has 1 fully saturated rings. The summed E-state index contributed by atoms with van der Waals surface area (Å²) in [6.45, 7) is 2.69. The Balaban J connectivity index is 1.41. The lowest BCUT2D eigenvalue weighted by molar-refractivity contribution is -0.274. The molecule has 1 aliphatic rings. The van der Waals surface area contributed by atoms with Gasteiger partial charge in [0.1, 0.15) is 17.8 Å². The third-order valence-corrected chi connectivity index (χ3v) is 5.13. The number of likely N-dealkylation sites (tertiary alicyclic amines) is 1. The molecule has 2 aromatic heterocycles. The molecule has 0 saturated carbocycles. The molecule has 1 aromatic carbocycles. The molecule has 3 aromatic rings. The van der Waals surface area contributed by atoms with Gasteiger partial charge in [-0.2, -0.15) is 4.37 Å². The van der Waals surface area contributed by atoms with Crippen molar-refractivity contribution >= 4 is 22.6 Å². The van der Waals surface area contributed by atoms with Gasteiger partial charge in [0.25, 0.3) is 5.91 Å². The summed E-state index contributed by atoms with van der Waals surface area (Å²) in [6, 6.07) is 6.77. The smallest absolute Gasteiger partial charge is 0.464 e. The van der Waals surface area contributed by atoms with Gasteiger partial charge in [0.05, 0.1) is 12.1 Å². The van der Waals surface area contributed by atoms with E-state index in [2.05, 4.69) is 24.3 Å². The van der Waals surface area contributed by atoms with Crippen LogP contribution in [0.2, 0.25) is 0 Å². The highest BCUT2D eigenvalue weighted by Crippen LogP contribution is 2.29. The average molecular weight is 438 g/mol. The molecular formula is C19H17F3N4O3S. The number of nitrogens with one attached hydrogen (secondary N) is 1. The molecule has 30 heavy (non-hydrogen) atoms. The number of benzene rings is 1. The number of anilines is 1. The Hall–Kier alpha value is -2.92. The van der Waals surface area contributed by atoms with Gasteiger partial charge in [0.2, 0.25) is 5.13 Å². The molecule has 1 N–H and O–H groups in total. The number of nitrogens with zero attached hydrogens (tertiary/aromatic N) is 3. The van der Waals surface area contributed by atoms with E-state index in [-0.39, 0.29) is 17.1 Å². The minimum absolute atomic E-state index is 0.212. The van der Waals surface area contributed by atoms with Gasteiger partial charge in [-0.25, -0.2) is 4.98 Å². The largest absolute Gasteiger partial charge is 0.573 e. The maximum atomic E-state index is 12.5. The fraction of sp³-hybridized carbons (Fsp3) is 0.316. The second kappa shape index (κ2) is 8.44. The predicted octanol–water partition coefficient (Wildman–Crippen LogP) is 4.54. The molecule has 0 radical (unpaired) electrons. The lowest BCUT2D eigenvalue weighted by Gasteiger charge is -2.10. The van der Waals surface area contributed by atoms with E-state index in [0.29, 0.717) is 23.1 Å². The van der Waals surface area contributed by atoms with E-state index < -0.39 is 12.3 Å². The number of aromatic nitrogens is 2. The van der Waals surface area contributed by atoms with Crippen molar-refractivity contribution in [3.63, 3.8) is 0 Å². The lowest BCUT2D eigenvalue weighted by atomic mass is 10.1. The van der Waals surface area contributed by atoms with Crippen LogP contribution in [0.15, 0.2) is 41.0 Å². The van der Waals surface area contributed by atoms with Crippen molar-refractivity contribution < 1.29 is 27.1 Å². The summed E-state index contributed by atoms with van der Waals surface area (Å²) < 4.78 is 50.7. The van der Waals surface area contributed by atoms with E-state index in [9.17, 15) is 18.0 Å². The minimum Gasteiger partial charge on any atom is -0.464 e. The summed E-state index contributed by atoms with van der Waals surface area (Å²) in [5, 5.41) is 3.04. The highest BCUT2D eigenvalue weighted by Gasteiger charge is 2.31. The van der Waals surface area contributed by atoms with Crippen LogP contribution in [0, 0.1) is 0 Å². The first kappa shape index (κ1) is 20.4. The van der Waals surface area contributed by atoms with Gasteiger partial charge in [0, 0.05) is 17.1 Å². The Morgan fingerprint density at radius 3 is 2.83 bits per heavy atom. The highest BCUT2D eigenvalue weighted by molar-refractivity contribution is 7.09. The number of alkyl halides is 3. The number of furan rings is 1. The summed E-state index contributed by atoms with van der Waals surface area (Å²) >= 11 is 1.09. The zero-order valence-corrected chi connectivity index (χ0v) is 16.4. The van der Waals surface area contributed by atoms with Crippen LogP contribution in [0.5, 0.6) is 5.75 Å². The third kappa shape index (κ3) is 5.16. The number of carbonyl (C=O) groups is 1. The average Bonchev–Trinajstić information content (AvgIpc) is 3.43. The van der Waals surface area contributed by atoms with Gasteiger partial charge in [0.15, 0.2) is 5.82 Å². The first-order valence-corrected chi connectivity index (χ1v) is 9.94. The van der Waals surface area contributed by atoms with Crippen LogP contribution in [0.1, 0.15) is 29.0 Å². The van der Waals surface area contributed by atoms with Crippen LogP contribution in [0.4, 0.5) is 18.3 Å². The van der Waals surface area contributed by atoms with Gasteiger partial charge in [-0.15, -0.1) is 13.2 Å². The summed E-state index contributed by atoms with van der Waals surface area (Å²) in [7, 11) is 0. The van der Waals surface area contributed by atoms with Crippen LogP contribution in [-0.4, -0.2) is 39.6 Å². The van der Waals surface area contributed by atoms with Gasteiger partial charge < -0.3 is 9.15 Å². The third-order valence-electron chi connectivity index (χ3n) is 4.47.